The monoisotopic (exact) mass is 321 g/mol. The second kappa shape index (κ2) is 5.60. The van der Waals surface area contributed by atoms with Crippen molar-refractivity contribution in [3.05, 3.63) is 53.3 Å². The molecule has 8 heteroatoms. The van der Waals surface area contributed by atoms with Crippen molar-refractivity contribution in [3.63, 3.8) is 0 Å². The highest BCUT2D eigenvalue weighted by Gasteiger charge is 2.36. The number of pyridine rings is 1. The molecule has 0 spiro atoms. The Kier molecular flexibility index (Phi) is 4.15. The minimum Gasteiger partial charge on any atom is -0.390 e. The predicted molar refractivity (Wildman–Crippen MR) is 65.6 cm³/mol. The Morgan fingerprint density at radius 1 is 0.909 bits per heavy atom. The summed E-state index contributed by atoms with van der Waals surface area (Å²) < 4.78 is 77.5. The molecule has 0 aliphatic heterocycles. The first-order chi connectivity index (χ1) is 10.1. The van der Waals surface area contributed by atoms with Crippen LogP contribution >= 0.6 is 0 Å². The molecule has 0 bridgehead atoms. The fourth-order valence-electron chi connectivity index (χ4n) is 1.99. The number of benzene rings is 1. The highest BCUT2D eigenvalue weighted by molar-refractivity contribution is 5.68. The van der Waals surface area contributed by atoms with Gasteiger partial charge < -0.3 is 5.11 Å². The van der Waals surface area contributed by atoms with Gasteiger partial charge in [0.2, 0.25) is 0 Å². The molecule has 0 fully saturated rings. The summed E-state index contributed by atoms with van der Waals surface area (Å²) in [6.45, 7) is -0.962. The standard InChI is InChI=1S/C14H9F6NO/c15-13(16,17)10-4-2-1-3-9(10)8-5-11(14(18,19)20)12(7-22)21-6-8/h1-6,22H,7H2. The van der Waals surface area contributed by atoms with E-state index in [-0.39, 0.29) is 5.56 Å². The van der Waals surface area contributed by atoms with Crippen molar-refractivity contribution in [2.24, 2.45) is 0 Å². The van der Waals surface area contributed by atoms with Crippen LogP contribution in [0.3, 0.4) is 0 Å². The van der Waals surface area contributed by atoms with Gasteiger partial charge in [0.15, 0.2) is 0 Å². The first-order valence-electron chi connectivity index (χ1n) is 5.98. The van der Waals surface area contributed by atoms with Crippen molar-refractivity contribution >= 4 is 0 Å². The number of alkyl halides is 6. The molecule has 2 rings (SSSR count). The minimum atomic E-state index is -4.83. The van der Waals surface area contributed by atoms with Crippen LogP contribution < -0.4 is 0 Å². The highest BCUT2D eigenvalue weighted by Crippen LogP contribution is 2.39. The Morgan fingerprint density at radius 2 is 1.50 bits per heavy atom. The zero-order valence-corrected chi connectivity index (χ0v) is 10.8. The Morgan fingerprint density at radius 3 is 2.05 bits per heavy atom. The van der Waals surface area contributed by atoms with E-state index in [4.69, 9.17) is 5.11 Å². The number of rotatable bonds is 2. The number of hydrogen-bond donors (Lipinski definition) is 1. The Bertz CT molecular complexity index is 678. The normalized spacial score (nSPS) is 12.5. The second-order valence-electron chi connectivity index (χ2n) is 4.42. The molecule has 1 N–H and O–H groups in total. The van der Waals surface area contributed by atoms with Crippen LogP contribution in [0.1, 0.15) is 16.8 Å². The van der Waals surface area contributed by atoms with E-state index in [1.54, 1.807) is 0 Å². The van der Waals surface area contributed by atoms with Gasteiger partial charge in [0.05, 0.1) is 23.4 Å². The molecule has 0 atom stereocenters. The molecule has 22 heavy (non-hydrogen) atoms. The van der Waals surface area contributed by atoms with Crippen LogP contribution in [0, 0.1) is 0 Å². The molecule has 0 saturated heterocycles. The zero-order chi connectivity index (χ0) is 16.5. The summed E-state index contributed by atoms with van der Waals surface area (Å²) in [5.41, 5.74) is -3.68. The lowest BCUT2D eigenvalue weighted by molar-refractivity contribution is -0.139. The van der Waals surface area contributed by atoms with Crippen LogP contribution in [0.2, 0.25) is 0 Å². The van der Waals surface area contributed by atoms with Gasteiger partial charge in [0, 0.05) is 11.8 Å². The van der Waals surface area contributed by atoms with Gasteiger partial charge in [-0.1, -0.05) is 18.2 Å². The summed E-state index contributed by atoms with van der Waals surface area (Å²) in [6.07, 6.45) is -8.65. The largest absolute Gasteiger partial charge is 0.418 e. The van der Waals surface area contributed by atoms with Gasteiger partial charge in [-0.3, -0.25) is 4.98 Å². The molecular weight excluding hydrogens is 312 g/mol. The lowest BCUT2D eigenvalue weighted by Gasteiger charge is -2.15. The van der Waals surface area contributed by atoms with Gasteiger partial charge >= 0.3 is 12.4 Å². The lowest BCUT2D eigenvalue weighted by atomic mass is 9.98. The van der Waals surface area contributed by atoms with Gasteiger partial charge in [0.1, 0.15) is 0 Å². The van der Waals surface area contributed by atoms with Gasteiger partial charge in [0.25, 0.3) is 0 Å². The maximum absolute atomic E-state index is 12.9. The summed E-state index contributed by atoms with van der Waals surface area (Å²) in [6, 6.07) is 4.84. The van der Waals surface area contributed by atoms with E-state index in [0.29, 0.717) is 6.07 Å². The molecule has 0 saturated carbocycles. The molecular formula is C14H9F6NO. The lowest BCUT2D eigenvalue weighted by Crippen LogP contribution is -2.12. The molecule has 0 aliphatic rings. The predicted octanol–water partition coefficient (Wildman–Crippen LogP) is 4.28. The van der Waals surface area contributed by atoms with Crippen molar-refractivity contribution in [1.82, 2.24) is 4.98 Å². The van der Waals surface area contributed by atoms with Gasteiger partial charge in [-0.25, -0.2) is 0 Å². The molecule has 2 aromatic rings. The van der Waals surface area contributed by atoms with Crippen LogP contribution in [0.5, 0.6) is 0 Å². The third-order valence-electron chi connectivity index (χ3n) is 2.97. The summed E-state index contributed by atoms with van der Waals surface area (Å²) >= 11 is 0. The average molecular weight is 321 g/mol. The number of aliphatic hydroxyl groups is 1. The average Bonchev–Trinajstić information content (AvgIpc) is 2.45. The van der Waals surface area contributed by atoms with E-state index >= 15 is 0 Å². The number of aromatic nitrogens is 1. The van der Waals surface area contributed by atoms with Crippen LogP contribution in [0.15, 0.2) is 36.5 Å². The third kappa shape index (κ3) is 3.22. The van der Waals surface area contributed by atoms with E-state index in [1.165, 1.54) is 6.07 Å². The summed E-state index contributed by atoms with van der Waals surface area (Å²) in [5, 5.41) is 8.88. The molecule has 0 radical (unpaired) electrons. The minimum absolute atomic E-state index is 0.322. The van der Waals surface area contributed by atoms with E-state index in [0.717, 1.165) is 24.4 Å². The van der Waals surface area contributed by atoms with E-state index < -0.39 is 41.3 Å². The first-order valence-corrected chi connectivity index (χ1v) is 5.98. The van der Waals surface area contributed by atoms with E-state index in [1.807, 2.05) is 0 Å². The Hall–Kier alpha value is -2.09. The van der Waals surface area contributed by atoms with Gasteiger partial charge in [-0.2, -0.15) is 26.3 Å². The molecule has 1 aromatic heterocycles. The fourth-order valence-corrected chi connectivity index (χ4v) is 1.99. The van der Waals surface area contributed by atoms with Crippen LogP contribution in [0.4, 0.5) is 26.3 Å². The van der Waals surface area contributed by atoms with E-state index in [2.05, 4.69) is 4.98 Å². The molecule has 1 heterocycles. The number of halogens is 6. The number of hydrogen-bond acceptors (Lipinski definition) is 2. The van der Waals surface area contributed by atoms with Crippen molar-refractivity contribution in [2.75, 3.05) is 0 Å². The van der Waals surface area contributed by atoms with Crippen molar-refractivity contribution < 1.29 is 31.4 Å². The molecule has 118 valence electrons. The molecule has 0 amide bonds. The molecule has 2 nitrogen and oxygen atoms in total. The van der Waals surface area contributed by atoms with Crippen LogP contribution in [0.25, 0.3) is 11.1 Å². The maximum Gasteiger partial charge on any atom is 0.418 e. The highest BCUT2D eigenvalue weighted by atomic mass is 19.4. The Balaban J connectivity index is 2.65. The Labute approximate surface area is 121 Å². The molecule has 0 aliphatic carbocycles. The topological polar surface area (TPSA) is 33.1 Å². The third-order valence-corrected chi connectivity index (χ3v) is 2.97. The number of nitrogens with zero attached hydrogens (tertiary/aromatic N) is 1. The summed E-state index contributed by atoms with van der Waals surface area (Å²) in [7, 11) is 0. The quantitative estimate of drug-likeness (QED) is 0.838. The maximum atomic E-state index is 12.9. The van der Waals surface area contributed by atoms with E-state index in [9.17, 15) is 26.3 Å². The smallest absolute Gasteiger partial charge is 0.390 e. The number of aliphatic hydroxyl groups excluding tert-OH is 1. The SMILES string of the molecule is OCc1ncc(-c2ccccc2C(F)(F)F)cc1C(F)(F)F. The van der Waals surface area contributed by atoms with Crippen LogP contribution in [-0.2, 0) is 19.0 Å². The summed E-state index contributed by atoms with van der Waals surface area (Å²) in [5.74, 6) is 0. The fraction of sp³-hybridized carbons (Fsp3) is 0.214. The zero-order valence-electron chi connectivity index (χ0n) is 10.8. The first kappa shape index (κ1) is 16.3. The molecule has 1 aromatic carbocycles. The van der Waals surface area contributed by atoms with Gasteiger partial charge in [-0.05, 0) is 17.7 Å². The molecule has 0 unspecified atom stereocenters. The summed E-state index contributed by atoms with van der Waals surface area (Å²) in [4.78, 5) is 3.43. The van der Waals surface area contributed by atoms with Crippen molar-refractivity contribution in [3.8, 4) is 11.1 Å². The second-order valence-corrected chi connectivity index (χ2v) is 4.42. The van der Waals surface area contributed by atoms with Gasteiger partial charge in [-0.15, -0.1) is 0 Å². The van der Waals surface area contributed by atoms with Crippen molar-refractivity contribution in [2.45, 2.75) is 19.0 Å². The van der Waals surface area contributed by atoms with Crippen molar-refractivity contribution in [1.29, 1.82) is 0 Å². The van der Waals surface area contributed by atoms with Crippen LogP contribution in [-0.4, -0.2) is 10.1 Å².